The number of esters is 2. The molecule has 9 atom stereocenters. The molecular formula is C50H72ClNO6. The van der Waals surface area contributed by atoms with Crippen LogP contribution in [-0.2, 0) is 28.7 Å². The van der Waals surface area contributed by atoms with Gasteiger partial charge in [-0.1, -0.05) is 78.3 Å². The average Bonchev–Trinajstić information content (AvgIpc) is 3.40. The summed E-state index contributed by atoms with van der Waals surface area (Å²) in [7, 11) is 0. The Hall–Kier alpha value is -2.93. The molecule has 0 bridgehead atoms. The van der Waals surface area contributed by atoms with Crippen LogP contribution in [-0.4, -0.2) is 35.3 Å². The lowest BCUT2D eigenvalue weighted by Gasteiger charge is -2.72. The topological polar surface area (TPSA) is 98.8 Å². The van der Waals surface area contributed by atoms with Crippen LogP contribution in [0, 0.1) is 56.2 Å². The average molecular weight is 819 g/mol. The first-order valence-corrected chi connectivity index (χ1v) is 22.5. The van der Waals surface area contributed by atoms with Crippen LogP contribution >= 0.6 is 11.6 Å². The van der Waals surface area contributed by atoms with Crippen LogP contribution in [0.4, 0.5) is 0 Å². The van der Waals surface area contributed by atoms with Crippen LogP contribution < -0.4 is 5.32 Å². The molecular weight excluding hydrogens is 746 g/mol. The van der Waals surface area contributed by atoms with Crippen LogP contribution in [0.15, 0.2) is 47.6 Å². The molecule has 8 heteroatoms. The highest BCUT2D eigenvalue weighted by atomic mass is 35.5. The van der Waals surface area contributed by atoms with E-state index >= 15 is 0 Å². The van der Waals surface area contributed by atoms with Crippen molar-refractivity contribution < 1.29 is 28.7 Å². The number of Topliss-reactive ketones (excluding diaryl/α,β-unsaturated/α-hetero) is 1. The summed E-state index contributed by atoms with van der Waals surface area (Å²) >= 11 is 6.24. The molecule has 58 heavy (non-hydrogen) atoms. The number of benzene rings is 1. The van der Waals surface area contributed by atoms with Gasteiger partial charge in [0.05, 0.1) is 17.9 Å². The predicted octanol–water partition coefficient (Wildman–Crippen LogP) is 11.7. The minimum absolute atomic E-state index is 0.00855. The van der Waals surface area contributed by atoms with Crippen molar-refractivity contribution in [1.29, 1.82) is 0 Å². The van der Waals surface area contributed by atoms with E-state index in [0.717, 1.165) is 62.5 Å². The van der Waals surface area contributed by atoms with Gasteiger partial charge in [-0.2, -0.15) is 0 Å². The van der Waals surface area contributed by atoms with E-state index in [4.69, 9.17) is 21.1 Å². The number of carbonyl (C=O) groups is 4. The van der Waals surface area contributed by atoms with Crippen molar-refractivity contribution in [3.8, 4) is 0 Å². The highest BCUT2D eigenvalue weighted by Gasteiger charge is 2.70. The number of carbonyl (C=O) groups excluding carboxylic acids is 4. The van der Waals surface area contributed by atoms with Crippen molar-refractivity contribution in [3.63, 3.8) is 0 Å². The maximum Gasteiger partial charge on any atom is 0.312 e. The van der Waals surface area contributed by atoms with E-state index in [2.05, 4.69) is 59.9 Å². The first kappa shape index (κ1) is 44.6. The third-order valence-electron chi connectivity index (χ3n) is 16.5. The van der Waals surface area contributed by atoms with E-state index in [1.165, 1.54) is 5.57 Å². The largest absolute Gasteiger partial charge is 0.462 e. The van der Waals surface area contributed by atoms with Crippen molar-refractivity contribution in [2.24, 2.45) is 56.2 Å². The lowest BCUT2D eigenvalue weighted by molar-refractivity contribution is -0.232. The van der Waals surface area contributed by atoms with Gasteiger partial charge >= 0.3 is 11.9 Å². The van der Waals surface area contributed by atoms with Gasteiger partial charge in [0.25, 0.3) is 0 Å². The number of nitrogens with one attached hydrogen (secondary N) is 1. The van der Waals surface area contributed by atoms with E-state index in [-0.39, 0.29) is 75.7 Å². The number of allylic oxidation sites excluding steroid dienone is 3. The normalized spacial score (nSPS) is 35.1. The standard InChI is InChI=1S/C50H72ClNO6/c1-30(2)41-35(53)28-50(24-21-39(54)52-31(3)32-15-14-16-33(51)27-32)26-25-48(12)34(42(41)50)17-18-37-47(11)22-20-38(46(9,10)36(47)19-23-49(37,48)13)57-40(55)29-45(7,8)43(56)58-44(4,5)6/h14-16,21,24,27,30-31,34,36-38H,17-20,22-23,25-26,28-29H2,1-13H3,(H,52,54)/b24-21+/t31-,34-,36+,37-,38+,47+,48-,49-,50+/m1/s1. The van der Waals surface area contributed by atoms with Gasteiger partial charge < -0.3 is 14.8 Å². The van der Waals surface area contributed by atoms with Crippen LogP contribution in [0.5, 0.6) is 0 Å². The molecule has 1 amide bonds. The van der Waals surface area contributed by atoms with E-state index in [1.807, 2.05) is 52.0 Å². The number of hydrogen-bond acceptors (Lipinski definition) is 6. The molecule has 1 N–H and O–H groups in total. The monoisotopic (exact) mass is 818 g/mol. The summed E-state index contributed by atoms with van der Waals surface area (Å²) in [6, 6.07) is 7.37. The number of ether oxygens (including phenoxy) is 2. The Kier molecular flexibility index (Phi) is 11.7. The van der Waals surface area contributed by atoms with Gasteiger partial charge in [0, 0.05) is 22.3 Å². The number of ketones is 1. The SMILES string of the molecule is CC(C)C1=C2[C@H]3CC[C@@H]4[C@@]5(C)CC[C@H](OC(=O)CC(C)(C)C(=O)OC(C)(C)C)C(C)(C)[C@@H]5CC[C@@]4(C)[C@]3(C)CC[C@@]2(/C=C/C(=O)N[C@H](C)c2cccc(Cl)c2)CC1=O. The molecule has 0 radical (unpaired) electrons. The smallest absolute Gasteiger partial charge is 0.312 e. The summed E-state index contributed by atoms with van der Waals surface area (Å²) in [5.41, 5.74) is 1.10. The maximum absolute atomic E-state index is 14.1. The highest BCUT2D eigenvalue weighted by molar-refractivity contribution is 6.30. The van der Waals surface area contributed by atoms with E-state index < -0.39 is 16.4 Å². The Balaban J connectivity index is 1.23. The summed E-state index contributed by atoms with van der Waals surface area (Å²) < 4.78 is 12.0. The zero-order valence-corrected chi connectivity index (χ0v) is 38.6. The maximum atomic E-state index is 14.1. The molecule has 4 saturated carbocycles. The molecule has 5 aliphatic carbocycles. The van der Waals surface area contributed by atoms with Gasteiger partial charge in [-0.05, 0) is 168 Å². The van der Waals surface area contributed by atoms with Gasteiger partial charge in [-0.25, -0.2) is 0 Å². The third kappa shape index (κ3) is 7.66. The van der Waals surface area contributed by atoms with Gasteiger partial charge in [-0.15, -0.1) is 0 Å². The molecule has 320 valence electrons. The fourth-order valence-corrected chi connectivity index (χ4v) is 13.6. The van der Waals surface area contributed by atoms with Crippen molar-refractivity contribution >= 4 is 35.2 Å². The molecule has 0 spiro atoms. The number of fused-ring (bicyclic) bond motifs is 7. The van der Waals surface area contributed by atoms with Crippen LogP contribution in [0.25, 0.3) is 0 Å². The lowest BCUT2D eigenvalue weighted by Crippen LogP contribution is -2.65. The molecule has 5 aliphatic rings. The van der Waals surface area contributed by atoms with Gasteiger partial charge in [-0.3, -0.25) is 19.2 Å². The Morgan fingerprint density at radius 2 is 1.59 bits per heavy atom. The van der Waals surface area contributed by atoms with Crippen LogP contribution in [0.1, 0.15) is 166 Å². The Bertz CT molecular complexity index is 1880. The van der Waals surface area contributed by atoms with Crippen molar-refractivity contribution in [2.75, 3.05) is 0 Å². The van der Waals surface area contributed by atoms with Crippen LogP contribution in [0.2, 0.25) is 5.02 Å². The first-order chi connectivity index (χ1) is 26.7. The van der Waals surface area contributed by atoms with E-state index in [9.17, 15) is 19.2 Å². The molecule has 0 aromatic heterocycles. The fraction of sp³-hybridized carbons (Fsp3) is 0.720. The summed E-state index contributed by atoms with van der Waals surface area (Å²) in [6.45, 7) is 27.6. The number of rotatable bonds is 9. The Labute approximate surface area is 354 Å². The predicted molar refractivity (Wildman–Crippen MR) is 231 cm³/mol. The molecule has 7 nitrogen and oxygen atoms in total. The molecule has 0 heterocycles. The zero-order valence-electron chi connectivity index (χ0n) is 37.8. The third-order valence-corrected chi connectivity index (χ3v) is 16.7. The van der Waals surface area contributed by atoms with Gasteiger partial charge in [0.1, 0.15) is 11.7 Å². The molecule has 0 saturated heterocycles. The molecule has 1 aromatic rings. The molecule has 4 fully saturated rings. The Morgan fingerprint density at radius 3 is 2.22 bits per heavy atom. The quantitative estimate of drug-likeness (QED) is 0.197. The molecule has 1 aromatic carbocycles. The molecule has 0 unspecified atom stereocenters. The zero-order chi connectivity index (χ0) is 43.0. The Morgan fingerprint density at radius 1 is 0.897 bits per heavy atom. The molecule has 6 rings (SSSR count). The van der Waals surface area contributed by atoms with Crippen LogP contribution in [0.3, 0.4) is 0 Å². The minimum Gasteiger partial charge on any atom is -0.462 e. The second-order valence-corrected chi connectivity index (χ2v) is 22.8. The second-order valence-electron chi connectivity index (χ2n) is 22.4. The summed E-state index contributed by atoms with van der Waals surface area (Å²) in [4.78, 5) is 54.1. The van der Waals surface area contributed by atoms with Gasteiger partial charge in [0.2, 0.25) is 5.91 Å². The summed E-state index contributed by atoms with van der Waals surface area (Å²) in [5.74, 6) is 0.620. The summed E-state index contributed by atoms with van der Waals surface area (Å²) in [6.07, 6.45) is 11.9. The minimum atomic E-state index is -0.983. The first-order valence-electron chi connectivity index (χ1n) is 22.2. The fourth-order valence-electron chi connectivity index (χ4n) is 13.4. The van der Waals surface area contributed by atoms with Crippen molar-refractivity contribution in [1.82, 2.24) is 5.32 Å². The van der Waals surface area contributed by atoms with E-state index in [0.29, 0.717) is 23.3 Å². The number of amides is 1. The highest BCUT2D eigenvalue weighted by Crippen LogP contribution is 2.77. The lowest BCUT2D eigenvalue weighted by atomic mass is 9.33. The number of halogens is 1. The second kappa shape index (κ2) is 15.2. The molecule has 0 aliphatic heterocycles. The number of hydrogen-bond donors (Lipinski definition) is 1. The van der Waals surface area contributed by atoms with Crippen molar-refractivity contribution in [3.05, 3.63) is 58.1 Å². The van der Waals surface area contributed by atoms with Gasteiger partial charge in [0.15, 0.2) is 5.78 Å². The summed E-state index contributed by atoms with van der Waals surface area (Å²) in [5, 5.41) is 3.77. The van der Waals surface area contributed by atoms with Crippen molar-refractivity contribution in [2.45, 2.75) is 172 Å². The van der Waals surface area contributed by atoms with E-state index in [1.54, 1.807) is 19.9 Å².